The molecule has 2 aliphatic rings. The van der Waals surface area contributed by atoms with E-state index in [0.717, 1.165) is 0 Å². The van der Waals surface area contributed by atoms with Crippen molar-refractivity contribution >= 4 is 27.7 Å². The van der Waals surface area contributed by atoms with E-state index in [1.54, 1.807) is 43.9 Å². The number of amides is 1. The standard InChI is InChI=1S/C21H27N3O6S/c1-4-22(5-2)17-18(25)15-9-7-8-10-16(15)19(26)20(17)31(28,29)24-13-11-23(12-14-24)21(27)30-6-3/h7-10H,4-6,11-14H2,1-3H3. The van der Waals surface area contributed by atoms with Crippen LogP contribution in [0.4, 0.5) is 4.79 Å². The summed E-state index contributed by atoms with van der Waals surface area (Å²) in [5, 5.41) is 0. The van der Waals surface area contributed by atoms with Crippen molar-refractivity contribution in [1.82, 2.24) is 14.1 Å². The number of hydrogen-bond donors (Lipinski definition) is 0. The molecule has 0 bridgehead atoms. The van der Waals surface area contributed by atoms with E-state index in [1.807, 2.05) is 0 Å². The van der Waals surface area contributed by atoms with E-state index in [1.165, 1.54) is 15.3 Å². The van der Waals surface area contributed by atoms with Gasteiger partial charge in [0, 0.05) is 50.4 Å². The minimum Gasteiger partial charge on any atom is -0.450 e. The molecular weight excluding hydrogens is 422 g/mol. The second kappa shape index (κ2) is 9.19. The van der Waals surface area contributed by atoms with Crippen LogP contribution in [0.5, 0.6) is 0 Å². The lowest BCUT2D eigenvalue weighted by atomic mass is 9.92. The number of benzene rings is 1. The Balaban J connectivity index is 2.02. The molecule has 1 heterocycles. The summed E-state index contributed by atoms with van der Waals surface area (Å²) in [6.45, 7) is 6.60. The maximum absolute atomic E-state index is 13.6. The van der Waals surface area contributed by atoms with Crippen LogP contribution >= 0.6 is 0 Å². The van der Waals surface area contributed by atoms with Crippen LogP contribution in [0, 0.1) is 0 Å². The van der Waals surface area contributed by atoms with Crippen molar-refractivity contribution in [2.45, 2.75) is 20.8 Å². The average Bonchev–Trinajstić information content (AvgIpc) is 2.78. The number of nitrogens with zero attached hydrogens (tertiary/aromatic N) is 3. The molecule has 0 unspecified atom stereocenters. The predicted octanol–water partition coefficient (Wildman–Crippen LogP) is 1.72. The molecule has 0 saturated carbocycles. The fraction of sp³-hybridized carbons (Fsp3) is 0.476. The van der Waals surface area contributed by atoms with Gasteiger partial charge in [0.15, 0.2) is 4.91 Å². The number of likely N-dealkylation sites (N-methyl/N-ethyl adjacent to an activating group) is 1. The van der Waals surface area contributed by atoms with E-state index in [0.29, 0.717) is 13.1 Å². The molecule has 0 aromatic heterocycles. The summed E-state index contributed by atoms with van der Waals surface area (Å²) in [6, 6.07) is 6.27. The number of Topliss-reactive ketones (excluding diaryl/α,β-unsaturated/α-hetero) is 2. The second-order valence-electron chi connectivity index (χ2n) is 7.14. The zero-order valence-electron chi connectivity index (χ0n) is 18.0. The van der Waals surface area contributed by atoms with Crippen molar-refractivity contribution in [1.29, 1.82) is 0 Å². The van der Waals surface area contributed by atoms with Gasteiger partial charge in [0.05, 0.1) is 6.61 Å². The van der Waals surface area contributed by atoms with Crippen LogP contribution in [0.25, 0.3) is 0 Å². The van der Waals surface area contributed by atoms with Crippen molar-refractivity contribution in [3.63, 3.8) is 0 Å². The highest BCUT2D eigenvalue weighted by atomic mass is 32.2. The van der Waals surface area contributed by atoms with Crippen molar-refractivity contribution in [2.75, 3.05) is 45.9 Å². The molecule has 168 valence electrons. The van der Waals surface area contributed by atoms with Gasteiger partial charge < -0.3 is 14.5 Å². The van der Waals surface area contributed by atoms with Gasteiger partial charge in [-0.15, -0.1) is 0 Å². The van der Waals surface area contributed by atoms with Gasteiger partial charge in [0.2, 0.25) is 21.6 Å². The number of fused-ring (bicyclic) bond motifs is 1. The Bertz CT molecular complexity index is 1020. The molecule has 1 aromatic carbocycles. The smallest absolute Gasteiger partial charge is 0.409 e. The maximum Gasteiger partial charge on any atom is 0.409 e. The molecule has 0 spiro atoms. The molecule has 0 radical (unpaired) electrons. The monoisotopic (exact) mass is 449 g/mol. The number of sulfonamides is 1. The maximum atomic E-state index is 13.6. The van der Waals surface area contributed by atoms with Gasteiger partial charge in [0.1, 0.15) is 5.70 Å². The third-order valence-electron chi connectivity index (χ3n) is 5.49. The first kappa shape index (κ1) is 23.0. The highest BCUT2D eigenvalue weighted by Crippen LogP contribution is 2.33. The lowest BCUT2D eigenvalue weighted by molar-refractivity contribution is 0.0925. The fourth-order valence-electron chi connectivity index (χ4n) is 3.86. The van der Waals surface area contributed by atoms with Crippen LogP contribution in [0.15, 0.2) is 34.9 Å². The lowest BCUT2D eigenvalue weighted by Gasteiger charge is -2.35. The molecular formula is C21H27N3O6S. The van der Waals surface area contributed by atoms with Crippen LogP contribution < -0.4 is 0 Å². The molecule has 0 atom stereocenters. The van der Waals surface area contributed by atoms with Gasteiger partial charge in [-0.3, -0.25) is 9.59 Å². The Morgan fingerprint density at radius 1 is 0.968 bits per heavy atom. The molecule has 1 aromatic rings. The molecule has 1 aliphatic carbocycles. The van der Waals surface area contributed by atoms with E-state index in [2.05, 4.69) is 0 Å². The SMILES string of the molecule is CCOC(=O)N1CCN(S(=O)(=O)C2=C(N(CC)CC)C(=O)c3ccccc3C2=O)CC1. The van der Waals surface area contributed by atoms with Gasteiger partial charge in [-0.25, -0.2) is 13.2 Å². The summed E-state index contributed by atoms with van der Waals surface area (Å²) >= 11 is 0. The quantitative estimate of drug-likeness (QED) is 0.651. The summed E-state index contributed by atoms with van der Waals surface area (Å²) < 4.78 is 33.3. The third kappa shape index (κ3) is 4.09. The minimum atomic E-state index is -4.26. The molecule has 10 heteroatoms. The Morgan fingerprint density at radius 2 is 1.52 bits per heavy atom. The topological polar surface area (TPSA) is 104 Å². The molecule has 1 fully saturated rings. The van der Waals surface area contributed by atoms with Crippen LogP contribution in [-0.2, 0) is 14.8 Å². The van der Waals surface area contributed by atoms with Gasteiger partial charge in [-0.1, -0.05) is 24.3 Å². The third-order valence-corrected chi connectivity index (χ3v) is 7.43. The minimum absolute atomic E-state index is 0.0132. The predicted molar refractivity (Wildman–Crippen MR) is 114 cm³/mol. The molecule has 31 heavy (non-hydrogen) atoms. The number of piperazine rings is 1. The average molecular weight is 450 g/mol. The van der Waals surface area contributed by atoms with Gasteiger partial charge >= 0.3 is 6.09 Å². The second-order valence-corrected chi connectivity index (χ2v) is 9.02. The van der Waals surface area contributed by atoms with E-state index < -0.39 is 32.6 Å². The number of carbonyl (C=O) groups excluding carboxylic acids is 3. The molecule has 0 N–H and O–H groups in total. The first-order chi connectivity index (χ1) is 14.8. The van der Waals surface area contributed by atoms with Crippen molar-refractivity contribution in [2.24, 2.45) is 0 Å². The Morgan fingerprint density at radius 3 is 2.03 bits per heavy atom. The number of ether oxygens (including phenoxy) is 1. The molecule has 9 nitrogen and oxygen atoms in total. The summed E-state index contributed by atoms with van der Waals surface area (Å²) in [4.78, 5) is 41.1. The van der Waals surface area contributed by atoms with Crippen molar-refractivity contribution in [3.05, 3.63) is 46.0 Å². The first-order valence-corrected chi connectivity index (χ1v) is 11.8. The van der Waals surface area contributed by atoms with Gasteiger partial charge in [-0.2, -0.15) is 4.31 Å². The van der Waals surface area contributed by atoms with Crippen molar-refractivity contribution in [3.8, 4) is 0 Å². The normalized spacial score (nSPS) is 17.6. The number of rotatable bonds is 6. The first-order valence-electron chi connectivity index (χ1n) is 10.4. The summed E-state index contributed by atoms with van der Waals surface area (Å²) in [5.74, 6) is -1.15. The zero-order valence-corrected chi connectivity index (χ0v) is 18.8. The van der Waals surface area contributed by atoms with Crippen LogP contribution in [0.1, 0.15) is 41.5 Å². The number of allylic oxidation sites excluding steroid dienone is 2. The Hall–Kier alpha value is -2.72. The van der Waals surface area contributed by atoms with Crippen LogP contribution in [0.3, 0.4) is 0 Å². The number of hydrogen-bond acceptors (Lipinski definition) is 7. The highest BCUT2D eigenvalue weighted by molar-refractivity contribution is 7.94. The van der Waals surface area contributed by atoms with Gasteiger partial charge in [0.25, 0.3) is 0 Å². The molecule has 1 saturated heterocycles. The van der Waals surface area contributed by atoms with Crippen LogP contribution in [-0.4, -0.2) is 86.1 Å². The summed E-state index contributed by atoms with van der Waals surface area (Å²) in [6.07, 6.45) is -0.500. The molecule has 3 rings (SSSR count). The van der Waals surface area contributed by atoms with E-state index in [9.17, 15) is 22.8 Å². The fourth-order valence-corrected chi connectivity index (χ4v) is 5.57. The largest absolute Gasteiger partial charge is 0.450 e. The van der Waals surface area contributed by atoms with E-state index >= 15 is 0 Å². The summed E-state index contributed by atoms with van der Waals surface area (Å²) in [7, 11) is -4.26. The zero-order chi connectivity index (χ0) is 22.8. The molecule has 1 amide bonds. The highest BCUT2D eigenvalue weighted by Gasteiger charge is 2.44. The Labute approximate surface area is 182 Å². The van der Waals surface area contributed by atoms with Gasteiger partial charge in [-0.05, 0) is 20.8 Å². The molecule has 1 aliphatic heterocycles. The number of carbonyl (C=O) groups is 3. The van der Waals surface area contributed by atoms with E-state index in [4.69, 9.17) is 4.74 Å². The number of ketones is 2. The van der Waals surface area contributed by atoms with Crippen molar-refractivity contribution < 1.29 is 27.5 Å². The Kier molecular flexibility index (Phi) is 6.80. The summed E-state index contributed by atoms with van der Waals surface area (Å²) in [5.41, 5.74) is 0.217. The van der Waals surface area contributed by atoms with Crippen LogP contribution in [0.2, 0.25) is 0 Å². The van der Waals surface area contributed by atoms with E-state index in [-0.39, 0.29) is 49.6 Å². The lowest BCUT2D eigenvalue weighted by Crippen LogP contribution is -2.52.